The molecule has 16 heavy (non-hydrogen) atoms. The summed E-state index contributed by atoms with van der Waals surface area (Å²) < 4.78 is 0. The molecule has 1 aliphatic rings. The third-order valence-corrected chi connectivity index (χ3v) is 4.34. The molecule has 0 aromatic rings. The topological polar surface area (TPSA) is 32.5 Å². The van der Waals surface area contributed by atoms with Crippen molar-refractivity contribution in [2.75, 3.05) is 44.2 Å². The second kappa shape index (κ2) is 7.48. The molecule has 94 valence electrons. The molecule has 2 N–H and O–H groups in total. The molecule has 1 unspecified atom stereocenters. The summed E-state index contributed by atoms with van der Waals surface area (Å²) in [5.41, 5.74) is 5.67. The molecule has 0 bridgehead atoms. The average Bonchev–Trinajstić information content (AvgIpc) is 2.29. The molecule has 1 atom stereocenters. The van der Waals surface area contributed by atoms with E-state index in [1.807, 2.05) is 11.8 Å². The molecule has 1 heterocycles. The summed E-state index contributed by atoms with van der Waals surface area (Å²) in [7, 11) is 0. The Morgan fingerprint density at radius 3 is 2.50 bits per heavy atom. The maximum Gasteiger partial charge on any atom is 0.0899 e. The van der Waals surface area contributed by atoms with Crippen LogP contribution in [-0.2, 0) is 0 Å². The number of hydrogen-bond donors (Lipinski definition) is 1. The van der Waals surface area contributed by atoms with Gasteiger partial charge in [0.25, 0.3) is 0 Å². The van der Waals surface area contributed by atoms with E-state index in [9.17, 15) is 0 Å². The first-order valence-corrected chi connectivity index (χ1v) is 7.55. The molecule has 0 radical (unpaired) electrons. The van der Waals surface area contributed by atoms with Crippen LogP contribution in [-0.4, -0.2) is 65.1 Å². The maximum absolute atomic E-state index is 5.67. The van der Waals surface area contributed by atoms with Crippen LogP contribution in [0.25, 0.3) is 0 Å². The molecule has 0 saturated carbocycles. The van der Waals surface area contributed by atoms with Crippen LogP contribution in [0.1, 0.15) is 13.8 Å². The smallest absolute Gasteiger partial charge is 0.0899 e. The van der Waals surface area contributed by atoms with Crippen molar-refractivity contribution in [3.05, 3.63) is 0 Å². The van der Waals surface area contributed by atoms with Gasteiger partial charge in [0.15, 0.2) is 0 Å². The van der Waals surface area contributed by atoms with Crippen molar-refractivity contribution in [1.29, 1.82) is 0 Å². The van der Waals surface area contributed by atoms with Crippen LogP contribution in [0.15, 0.2) is 0 Å². The largest absolute Gasteiger partial charge is 0.392 e. The number of thiocarbonyl (C=S) groups is 1. The van der Waals surface area contributed by atoms with Gasteiger partial charge in [0.1, 0.15) is 0 Å². The van der Waals surface area contributed by atoms with E-state index in [4.69, 9.17) is 18.0 Å². The summed E-state index contributed by atoms with van der Waals surface area (Å²) in [6.07, 6.45) is 0. The number of piperazine rings is 1. The first-order valence-electron chi connectivity index (χ1n) is 5.98. The predicted molar refractivity (Wildman–Crippen MR) is 77.3 cm³/mol. The zero-order chi connectivity index (χ0) is 12.0. The fraction of sp³-hybridized carbons (Fsp3) is 0.909. The van der Waals surface area contributed by atoms with Gasteiger partial charge in [0.2, 0.25) is 0 Å². The molecule has 0 aliphatic carbocycles. The van der Waals surface area contributed by atoms with E-state index in [2.05, 4.69) is 23.6 Å². The highest BCUT2D eigenvalue weighted by Gasteiger charge is 2.21. The van der Waals surface area contributed by atoms with Crippen LogP contribution in [0, 0.1) is 0 Å². The third kappa shape index (κ3) is 4.57. The van der Waals surface area contributed by atoms with Gasteiger partial charge in [-0.25, -0.2) is 0 Å². The molecular formula is C11H23N3S2. The van der Waals surface area contributed by atoms with Crippen LogP contribution < -0.4 is 5.73 Å². The monoisotopic (exact) mass is 261 g/mol. The third-order valence-electron chi connectivity index (χ3n) is 3.12. The molecule has 1 fully saturated rings. The molecule has 1 saturated heterocycles. The van der Waals surface area contributed by atoms with Gasteiger partial charge >= 0.3 is 0 Å². The SMILES string of the molecule is CCSCCN1CCN(C(C)C(N)=S)CC1. The molecule has 0 spiro atoms. The summed E-state index contributed by atoms with van der Waals surface area (Å²) in [5.74, 6) is 2.47. The number of rotatable bonds is 6. The Morgan fingerprint density at radius 2 is 2.00 bits per heavy atom. The standard InChI is InChI=1S/C11H23N3S2/c1-3-16-9-8-13-4-6-14(7-5-13)10(2)11(12)15/h10H,3-9H2,1-2H3,(H2,12,15). The van der Waals surface area contributed by atoms with Gasteiger partial charge in [0, 0.05) is 38.5 Å². The van der Waals surface area contributed by atoms with E-state index in [-0.39, 0.29) is 6.04 Å². The van der Waals surface area contributed by atoms with Crippen molar-refractivity contribution in [3.63, 3.8) is 0 Å². The summed E-state index contributed by atoms with van der Waals surface area (Å²) >= 11 is 7.05. The van der Waals surface area contributed by atoms with E-state index < -0.39 is 0 Å². The maximum atomic E-state index is 5.67. The number of hydrogen-bond acceptors (Lipinski definition) is 4. The Labute approximate surface area is 109 Å². The Balaban J connectivity index is 2.20. The Hall–Kier alpha value is 0.160. The minimum Gasteiger partial charge on any atom is -0.392 e. The van der Waals surface area contributed by atoms with Gasteiger partial charge in [-0.3, -0.25) is 9.80 Å². The van der Waals surface area contributed by atoms with Gasteiger partial charge in [-0.15, -0.1) is 0 Å². The van der Waals surface area contributed by atoms with Crippen molar-refractivity contribution >= 4 is 29.0 Å². The highest BCUT2D eigenvalue weighted by atomic mass is 32.2. The van der Waals surface area contributed by atoms with Crippen LogP contribution >= 0.6 is 24.0 Å². The van der Waals surface area contributed by atoms with Crippen LogP contribution in [0.3, 0.4) is 0 Å². The van der Waals surface area contributed by atoms with Crippen molar-refractivity contribution in [3.8, 4) is 0 Å². The predicted octanol–water partition coefficient (Wildman–Crippen LogP) is 1.03. The Kier molecular flexibility index (Phi) is 6.65. The average molecular weight is 261 g/mol. The number of nitrogens with zero attached hydrogens (tertiary/aromatic N) is 2. The first kappa shape index (κ1) is 14.2. The van der Waals surface area contributed by atoms with Crippen LogP contribution in [0.5, 0.6) is 0 Å². The quantitative estimate of drug-likeness (QED) is 0.570. The van der Waals surface area contributed by atoms with Crippen molar-refractivity contribution in [1.82, 2.24) is 9.80 Å². The van der Waals surface area contributed by atoms with Gasteiger partial charge < -0.3 is 5.73 Å². The number of thioether (sulfide) groups is 1. The minimum atomic E-state index is 0.252. The molecule has 1 rings (SSSR count). The summed E-state index contributed by atoms with van der Waals surface area (Å²) in [6.45, 7) is 10.0. The lowest BCUT2D eigenvalue weighted by Crippen LogP contribution is -2.52. The highest BCUT2D eigenvalue weighted by molar-refractivity contribution is 7.99. The molecule has 0 aromatic heterocycles. The molecule has 5 heteroatoms. The summed E-state index contributed by atoms with van der Waals surface area (Å²) in [4.78, 5) is 5.53. The van der Waals surface area contributed by atoms with Crippen molar-refractivity contribution < 1.29 is 0 Å². The normalized spacial score (nSPS) is 20.9. The fourth-order valence-corrected chi connectivity index (χ4v) is 2.72. The second-order valence-electron chi connectivity index (χ2n) is 4.15. The first-order chi connectivity index (χ1) is 7.65. The van der Waals surface area contributed by atoms with Gasteiger partial charge in [-0.2, -0.15) is 11.8 Å². The second-order valence-corrected chi connectivity index (χ2v) is 6.02. The summed E-state index contributed by atoms with van der Waals surface area (Å²) in [6, 6.07) is 0.252. The van der Waals surface area contributed by atoms with E-state index in [1.165, 1.54) is 18.1 Å². The number of nitrogens with two attached hydrogens (primary N) is 1. The van der Waals surface area contributed by atoms with Gasteiger partial charge in [0.05, 0.1) is 11.0 Å². The van der Waals surface area contributed by atoms with E-state index >= 15 is 0 Å². The lowest BCUT2D eigenvalue weighted by molar-refractivity contribution is 0.128. The van der Waals surface area contributed by atoms with Crippen molar-refractivity contribution in [2.24, 2.45) is 5.73 Å². The van der Waals surface area contributed by atoms with Gasteiger partial charge in [-0.1, -0.05) is 19.1 Å². The fourth-order valence-electron chi connectivity index (χ4n) is 1.89. The molecule has 0 amide bonds. The minimum absolute atomic E-state index is 0.252. The molecule has 1 aliphatic heterocycles. The molecular weight excluding hydrogens is 238 g/mol. The highest BCUT2D eigenvalue weighted by Crippen LogP contribution is 2.08. The van der Waals surface area contributed by atoms with Crippen LogP contribution in [0.4, 0.5) is 0 Å². The molecule has 3 nitrogen and oxygen atoms in total. The Morgan fingerprint density at radius 1 is 1.38 bits per heavy atom. The van der Waals surface area contributed by atoms with Crippen LogP contribution in [0.2, 0.25) is 0 Å². The zero-order valence-electron chi connectivity index (χ0n) is 10.3. The van der Waals surface area contributed by atoms with Gasteiger partial charge in [-0.05, 0) is 12.7 Å². The summed E-state index contributed by atoms with van der Waals surface area (Å²) in [5, 5.41) is 0. The lowest BCUT2D eigenvalue weighted by Gasteiger charge is -2.37. The zero-order valence-corrected chi connectivity index (χ0v) is 11.9. The van der Waals surface area contributed by atoms with E-state index in [0.717, 1.165) is 26.2 Å². The van der Waals surface area contributed by atoms with E-state index in [0.29, 0.717) is 4.99 Å². The molecule has 0 aromatic carbocycles. The van der Waals surface area contributed by atoms with Crippen molar-refractivity contribution in [2.45, 2.75) is 19.9 Å². The van der Waals surface area contributed by atoms with E-state index in [1.54, 1.807) is 0 Å². The lowest BCUT2D eigenvalue weighted by atomic mass is 10.2. The Bertz CT molecular complexity index is 215.